The monoisotopic (exact) mass is 209 g/mol. The fraction of sp³-hybridized carbons (Fsp3) is 0.857. The van der Waals surface area contributed by atoms with Crippen molar-refractivity contribution < 1.29 is 0 Å². The van der Waals surface area contributed by atoms with Crippen LogP contribution in [0.25, 0.3) is 0 Å². The molecule has 1 heteroatoms. The van der Waals surface area contributed by atoms with Gasteiger partial charge in [-0.05, 0) is 44.6 Å². The summed E-state index contributed by atoms with van der Waals surface area (Å²) in [5, 5.41) is 3.47. The van der Waals surface area contributed by atoms with Crippen LogP contribution in [0.3, 0.4) is 0 Å². The molecule has 15 heavy (non-hydrogen) atoms. The molecule has 0 aromatic carbocycles. The molecule has 0 saturated heterocycles. The molecule has 1 aliphatic carbocycles. The molecule has 0 aromatic rings. The first kappa shape index (κ1) is 12.8. The molecular formula is C14H27N. The van der Waals surface area contributed by atoms with E-state index in [2.05, 4.69) is 32.2 Å². The number of hydrogen-bond donors (Lipinski definition) is 1. The Morgan fingerprint density at radius 2 is 2.20 bits per heavy atom. The zero-order valence-corrected chi connectivity index (χ0v) is 10.7. The van der Waals surface area contributed by atoms with Crippen molar-refractivity contribution in [2.45, 2.75) is 52.9 Å². The summed E-state index contributed by atoms with van der Waals surface area (Å²) in [7, 11) is 0. The molecule has 0 aliphatic heterocycles. The molecular weight excluding hydrogens is 182 g/mol. The molecule has 1 N–H and O–H groups in total. The van der Waals surface area contributed by atoms with E-state index in [9.17, 15) is 0 Å². The van der Waals surface area contributed by atoms with E-state index < -0.39 is 0 Å². The Hall–Kier alpha value is -0.300. The fourth-order valence-corrected chi connectivity index (χ4v) is 2.56. The number of nitrogens with one attached hydrogen (secondary N) is 1. The lowest BCUT2D eigenvalue weighted by Crippen LogP contribution is -2.18. The van der Waals surface area contributed by atoms with Gasteiger partial charge in [-0.2, -0.15) is 0 Å². The second-order valence-electron chi connectivity index (χ2n) is 5.22. The van der Waals surface area contributed by atoms with Crippen LogP contribution in [-0.2, 0) is 0 Å². The van der Waals surface area contributed by atoms with Gasteiger partial charge in [0.1, 0.15) is 0 Å². The maximum absolute atomic E-state index is 3.47. The SMILES string of the molecule is CCCNCC(C)=CC1CCCC(C)C1. The highest BCUT2D eigenvalue weighted by atomic mass is 14.8. The second-order valence-corrected chi connectivity index (χ2v) is 5.22. The summed E-state index contributed by atoms with van der Waals surface area (Å²) in [6.07, 6.45) is 9.43. The van der Waals surface area contributed by atoms with Gasteiger partial charge in [0.05, 0.1) is 0 Å². The van der Waals surface area contributed by atoms with Gasteiger partial charge >= 0.3 is 0 Å². The van der Waals surface area contributed by atoms with Crippen molar-refractivity contribution in [1.82, 2.24) is 5.32 Å². The Bertz CT molecular complexity index is 196. The molecule has 0 radical (unpaired) electrons. The van der Waals surface area contributed by atoms with Crippen LogP contribution >= 0.6 is 0 Å². The predicted octanol–water partition coefficient (Wildman–Crippen LogP) is 3.76. The minimum absolute atomic E-state index is 0.858. The van der Waals surface area contributed by atoms with E-state index in [1.54, 1.807) is 0 Å². The highest BCUT2D eigenvalue weighted by Gasteiger charge is 2.16. The first-order valence-electron chi connectivity index (χ1n) is 6.60. The molecule has 1 fully saturated rings. The van der Waals surface area contributed by atoms with Crippen LogP contribution in [-0.4, -0.2) is 13.1 Å². The summed E-state index contributed by atoms with van der Waals surface area (Å²) in [5.41, 5.74) is 1.53. The first-order chi connectivity index (χ1) is 7.22. The maximum Gasteiger partial charge on any atom is 0.0161 e. The second kappa shape index (κ2) is 7.05. The Balaban J connectivity index is 2.26. The van der Waals surface area contributed by atoms with Gasteiger partial charge in [-0.3, -0.25) is 0 Å². The fourth-order valence-electron chi connectivity index (χ4n) is 2.56. The summed E-state index contributed by atoms with van der Waals surface area (Å²) >= 11 is 0. The Morgan fingerprint density at radius 3 is 2.87 bits per heavy atom. The molecule has 0 amide bonds. The van der Waals surface area contributed by atoms with Crippen molar-refractivity contribution in [1.29, 1.82) is 0 Å². The van der Waals surface area contributed by atoms with E-state index in [4.69, 9.17) is 0 Å². The maximum atomic E-state index is 3.47. The third kappa shape index (κ3) is 5.36. The summed E-state index contributed by atoms with van der Waals surface area (Å²) in [6, 6.07) is 0. The van der Waals surface area contributed by atoms with Gasteiger partial charge < -0.3 is 5.32 Å². The first-order valence-corrected chi connectivity index (χ1v) is 6.60. The topological polar surface area (TPSA) is 12.0 Å². The van der Waals surface area contributed by atoms with Crippen LogP contribution in [0.5, 0.6) is 0 Å². The zero-order valence-electron chi connectivity index (χ0n) is 10.7. The van der Waals surface area contributed by atoms with Crippen molar-refractivity contribution in [3.05, 3.63) is 11.6 Å². The van der Waals surface area contributed by atoms with Crippen molar-refractivity contribution >= 4 is 0 Å². The molecule has 0 aromatic heterocycles. The van der Waals surface area contributed by atoms with Gasteiger partial charge in [0.2, 0.25) is 0 Å². The zero-order chi connectivity index (χ0) is 11.1. The standard InChI is InChI=1S/C14H27N/c1-4-8-15-11-13(3)10-14-7-5-6-12(2)9-14/h10,12,14-15H,4-9,11H2,1-3H3. The van der Waals surface area contributed by atoms with E-state index in [1.165, 1.54) is 37.7 Å². The molecule has 0 heterocycles. The summed E-state index contributed by atoms with van der Waals surface area (Å²) in [4.78, 5) is 0. The smallest absolute Gasteiger partial charge is 0.0161 e. The summed E-state index contributed by atoms with van der Waals surface area (Å²) in [6.45, 7) is 9.10. The average Bonchev–Trinajstić information content (AvgIpc) is 2.18. The molecule has 1 rings (SSSR count). The lowest BCUT2D eigenvalue weighted by Gasteiger charge is -2.24. The Morgan fingerprint density at radius 1 is 1.40 bits per heavy atom. The van der Waals surface area contributed by atoms with Gasteiger partial charge in [-0.25, -0.2) is 0 Å². The largest absolute Gasteiger partial charge is 0.313 e. The normalized spacial score (nSPS) is 28.1. The minimum atomic E-state index is 0.858. The highest BCUT2D eigenvalue weighted by molar-refractivity contribution is 5.04. The predicted molar refractivity (Wildman–Crippen MR) is 68.0 cm³/mol. The number of allylic oxidation sites excluding steroid dienone is 1. The van der Waals surface area contributed by atoms with Crippen LogP contribution in [0.4, 0.5) is 0 Å². The van der Waals surface area contributed by atoms with Gasteiger partial charge in [-0.1, -0.05) is 38.3 Å². The van der Waals surface area contributed by atoms with Gasteiger partial charge in [0, 0.05) is 6.54 Å². The molecule has 1 nitrogen and oxygen atoms in total. The summed E-state index contributed by atoms with van der Waals surface area (Å²) < 4.78 is 0. The van der Waals surface area contributed by atoms with Gasteiger partial charge in [-0.15, -0.1) is 0 Å². The average molecular weight is 209 g/mol. The lowest BCUT2D eigenvalue weighted by atomic mass is 9.82. The van der Waals surface area contributed by atoms with E-state index in [-0.39, 0.29) is 0 Å². The molecule has 2 atom stereocenters. The highest BCUT2D eigenvalue weighted by Crippen LogP contribution is 2.29. The molecule has 1 saturated carbocycles. The van der Waals surface area contributed by atoms with Crippen LogP contribution in [0.2, 0.25) is 0 Å². The quantitative estimate of drug-likeness (QED) is 0.537. The van der Waals surface area contributed by atoms with Crippen molar-refractivity contribution in [3.63, 3.8) is 0 Å². The Kier molecular flexibility index (Phi) is 6.00. The van der Waals surface area contributed by atoms with Crippen LogP contribution < -0.4 is 5.32 Å². The lowest BCUT2D eigenvalue weighted by molar-refractivity contribution is 0.324. The van der Waals surface area contributed by atoms with Crippen LogP contribution in [0, 0.1) is 11.8 Å². The van der Waals surface area contributed by atoms with Gasteiger partial charge in [0.25, 0.3) is 0 Å². The molecule has 0 spiro atoms. The Labute approximate surface area is 95.3 Å². The number of rotatable bonds is 5. The molecule has 1 aliphatic rings. The van der Waals surface area contributed by atoms with Crippen molar-refractivity contribution in [2.75, 3.05) is 13.1 Å². The summed E-state index contributed by atoms with van der Waals surface area (Å²) in [5.74, 6) is 1.80. The van der Waals surface area contributed by atoms with Gasteiger partial charge in [0.15, 0.2) is 0 Å². The van der Waals surface area contributed by atoms with Crippen LogP contribution in [0.15, 0.2) is 11.6 Å². The number of hydrogen-bond acceptors (Lipinski definition) is 1. The van der Waals surface area contributed by atoms with E-state index in [1.807, 2.05) is 0 Å². The van der Waals surface area contributed by atoms with Crippen LogP contribution in [0.1, 0.15) is 52.9 Å². The van der Waals surface area contributed by atoms with E-state index in [0.29, 0.717) is 0 Å². The minimum Gasteiger partial charge on any atom is -0.313 e. The third-order valence-corrected chi connectivity index (χ3v) is 3.33. The van der Waals surface area contributed by atoms with E-state index in [0.717, 1.165) is 24.9 Å². The molecule has 88 valence electrons. The van der Waals surface area contributed by atoms with Crippen molar-refractivity contribution in [2.24, 2.45) is 11.8 Å². The molecule has 0 bridgehead atoms. The van der Waals surface area contributed by atoms with E-state index >= 15 is 0 Å². The third-order valence-electron chi connectivity index (χ3n) is 3.33. The molecule has 2 unspecified atom stereocenters. The van der Waals surface area contributed by atoms with Crippen molar-refractivity contribution in [3.8, 4) is 0 Å².